The van der Waals surface area contributed by atoms with Gasteiger partial charge in [0.25, 0.3) is 0 Å². The van der Waals surface area contributed by atoms with Crippen molar-refractivity contribution < 1.29 is 9.59 Å². The lowest BCUT2D eigenvalue weighted by molar-refractivity contribution is -0.137. The van der Waals surface area contributed by atoms with E-state index >= 15 is 0 Å². The van der Waals surface area contributed by atoms with E-state index in [1.165, 1.54) is 5.56 Å². The predicted octanol–water partition coefficient (Wildman–Crippen LogP) is 2.25. The summed E-state index contributed by atoms with van der Waals surface area (Å²) < 4.78 is 0. The van der Waals surface area contributed by atoms with E-state index in [9.17, 15) is 9.59 Å². The number of thioether (sulfide) groups is 1. The van der Waals surface area contributed by atoms with E-state index in [2.05, 4.69) is 10.3 Å². The summed E-state index contributed by atoms with van der Waals surface area (Å²) in [4.78, 5) is 31.0. The molecule has 0 spiro atoms. The Labute approximate surface area is 155 Å². The number of hydrogen-bond donors (Lipinski definition) is 1. The molecule has 0 unspecified atom stereocenters. The SMILES string of the molecule is Cc1ccc(CC(=O)N2CSC[C@@H]2C(=O)NCCc2cscn2)cc1. The van der Waals surface area contributed by atoms with Crippen molar-refractivity contribution in [2.24, 2.45) is 0 Å². The summed E-state index contributed by atoms with van der Waals surface area (Å²) in [6.45, 7) is 2.57. The number of nitrogens with one attached hydrogen (secondary N) is 1. The number of rotatable bonds is 6. The smallest absolute Gasteiger partial charge is 0.243 e. The van der Waals surface area contributed by atoms with Gasteiger partial charge >= 0.3 is 0 Å². The third kappa shape index (κ3) is 4.83. The van der Waals surface area contributed by atoms with Crippen LogP contribution in [0, 0.1) is 6.92 Å². The topological polar surface area (TPSA) is 62.3 Å². The van der Waals surface area contributed by atoms with E-state index in [0.29, 0.717) is 31.0 Å². The zero-order valence-electron chi connectivity index (χ0n) is 14.1. The zero-order valence-corrected chi connectivity index (χ0v) is 15.7. The second-order valence-electron chi connectivity index (χ2n) is 6.06. The van der Waals surface area contributed by atoms with Crippen LogP contribution < -0.4 is 5.32 Å². The van der Waals surface area contributed by atoms with Crippen molar-refractivity contribution in [3.8, 4) is 0 Å². The molecule has 1 aromatic heterocycles. The van der Waals surface area contributed by atoms with Crippen molar-refractivity contribution >= 4 is 34.9 Å². The van der Waals surface area contributed by atoms with Crippen molar-refractivity contribution in [1.29, 1.82) is 0 Å². The van der Waals surface area contributed by atoms with Crippen molar-refractivity contribution in [1.82, 2.24) is 15.2 Å². The van der Waals surface area contributed by atoms with Crippen molar-refractivity contribution in [2.75, 3.05) is 18.2 Å². The molecule has 7 heteroatoms. The van der Waals surface area contributed by atoms with Gasteiger partial charge in [0.2, 0.25) is 11.8 Å². The third-order valence-electron chi connectivity index (χ3n) is 4.15. The minimum atomic E-state index is -0.376. The Bertz CT molecular complexity index is 716. The summed E-state index contributed by atoms with van der Waals surface area (Å²) in [5.41, 5.74) is 4.93. The standard InChI is InChI=1S/C18H21N3O2S2/c1-13-2-4-14(5-3-13)8-17(22)21-12-25-10-16(21)18(23)19-7-6-15-9-24-11-20-15/h2-5,9,11,16H,6-8,10,12H2,1H3,(H,19,23)/t16-/m1/s1. The van der Waals surface area contributed by atoms with E-state index in [1.807, 2.05) is 36.6 Å². The minimum absolute atomic E-state index is 0.00787. The quantitative estimate of drug-likeness (QED) is 0.841. The summed E-state index contributed by atoms with van der Waals surface area (Å²) in [7, 11) is 0. The summed E-state index contributed by atoms with van der Waals surface area (Å²) in [5, 5.41) is 4.92. The summed E-state index contributed by atoms with van der Waals surface area (Å²) >= 11 is 3.17. The molecule has 1 N–H and O–H groups in total. The van der Waals surface area contributed by atoms with Gasteiger partial charge in [-0.2, -0.15) is 0 Å². The molecular formula is C18H21N3O2S2. The molecule has 3 rings (SSSR count). The Hall–Kier alpha value is -1.86. The first-order chi connectivity index (χ1) is 12.1. The highest BCUT2D eigenvalue weighted by Gasteiger charge is 2.34. The lowest BCUT2D eigenvalue weighted by Gasteiger charge is -2.23. The molecule has 5 nitrogen and oxygen atoms in total. The number of carbonyl (C=O) groups is 2. The first kappa shape index (κ1) is 17.9. The zero-order chi connectivity index (χ0) is 17.6. The fourth-order valence-corrected chi connectivity index (χ4v) is 4.45. The second-order valence-corrected chi connectivity index (χ2v) is 7.78. The van der Waals surface area contributed by atoms with Crippen LogP contribution in [0.1, 0.15) is 16.8 Å². The van der Waals surface area contributed by atoms with Crippen LogP contribution in [0.25, 0.3) is 0 Å². The van der Waals surface area contributed by atoms with Crippen LogP contribution in [0.2, 0.25) is 0 Å². The molecule has 0 saturated carbocycles. The van der Waals surface area contributed by atoms with Crippen LogP contribution in [0.15, 0.2) is 35.2 Å². The lowest BCUT2D eigenvalue weighted by atomic mass is 10.1. The highest BCUT2D eigenvalue weighted by molar-refractivity contribution is 7.99. The van der Waals surface area contributed by atoms with Gasteiger partial charge in [0, 0.05) is 24.1 Å². The average molecular weight is 376 g/mol. The summed E-state index contributed by atoms with van der Waals surface area (Å²) in [6.07, 6.45) is 1.05. The van der Waals surface area contributed by atoms with Gasteiger partial charge in [-0.15, -0.1) is 23.1 Å². The highest BCUT2D eigenvalue weighted by atomic mass is 32.2. The molecule has 0 aliphatic carbocycles. The molecule has 1 atom stereocenters. The maximum Gasteiger partial charge on any atom is 0.243 e. The largest absolute Gasteiger partial charge is 0.354 e. The number of benzene rings is 1. The van der Waals surface area contributed by atoms with Gasteiger partial charge in [-0.25, -0.2) is 4.98 Å². The van der Waals surface area contributed by atoms with Crippen molar-refractivity contribution in [2.45, 2.75) is 25.8 Å². The van der Waals surface area contributed by atoms with Gasteiger partial charge in [0.15, 0.2) is 0 Å². The molecule has 2 heterocycles. The van der Waals surface area contributed by atoms with Crippen molar-refractivity contribution in [3.05, 3.63) is 52.0 Å². The Kier molecular flexibility index (Phi) is 6.09. The maximum absolute atomic E-state index is 12.6. The number of aromatic nitrogens is 1. The minimum Gasteiger partial charge on any atom is -0.354 e. The van der Waals surface area contributed by atoms with Gasteiger partial charge < -0.3 is 10.2 Å². The van der Waals surface area contributed by atoms with Gasteiger partial charge in [-0.1, -0.05) is 29.8 Å². The van der Waals surface area contributed by atoms with Gasteiger partial charge in [0.05, 0.1) is 23.5 Å². The predicted molar refractivity (Wildman–Crippen MR) is 102 cm³/mol. The molecule has 1 aliphatic heterocycles. The lowest BCUT2D eigenvalue weighted by Crippen LogP contribution is -2.48. The van der Waals surface area contributed by atoms with Crippen LogP contribution in [-0.2, 0) is 22.4 Å². The molecule has 1 saturated heterocycles. The van der Waals surface area contributed by atoms with E-state index in [1.54, 1.807) is 33.5 Å². The van der Waals surface area contributed by atoms with E-state index < -0.39 is 0 Å². The van der Waals surface area contributed by atoms with Gasteiger partial charge in [-0.05, 0) is 12.5 Å². The van der Waals surface area contributed by atoms with Crippen molar-refractivity contribution in [3.63, 3.8) is 0 Å². The summed E-state index contributed by atoms with van der Waals surface area (Å²) in [6, 6.07) is 7.57. The molecule has 1 aromatic carbocycles. The number of thiazole rings is 1. The number of carbonyl (C=O) groups excluding carboxylic acids is 2. The van der Waals surface area contributed by atoms with Crippen LogP contribution >= 0.6 is 23.1 Å². The molecule has 0 radical (unpaired) electrons. The molecule has 0 bridgehead atoms. The van der Waals surface area contributed by atoms with Crippen LogP contribution in [0.5, 0.6) is 0 Å². The monoisotopic (exact) mass is 375 g/mol. The van der Waals surface area contributed by atoms with E-state index in [4.69, 9.17) is 0 Å². The molecule has 2 aromatic rings. The third-order valence-corrected chi connectivity index (χ3v) is 5.79. The second kappa shape index (κ2) is 8.49. The number of amides is 2. The fraction of sp³-hybridized carbons (Fsp3) is 0.389. The number of aryl methyl sites for hydroxylation is 1. The number of nitrogens with zero attached hydrogens (tertiary/aromatic N) is 2. The Morgan fingerprint density at radius 1 is 1.32 bits per heavy atom. The first-order valence-corrected chi connectivity index (χ1v) is 10.3. The van der Waals surface area contributed by atoms with Gasteiger partial charge in [0.1, 0.15) is 6.04 Å². The summed E-state index contributed by atoms with van der Waals surface area (Å²) in [5.74, 6) is 1.17. The average Bonchev–Trinajstić information content (AvgIpc) is 3.28. The first-order valence-electron chi connectivity index (χ1n) is 8.21. The Balaban J connectivity index is 1.52. The van der Waals surface area contributed by atoms with Gasteiger partial charge in [-0.3, -0.25) is 9.59 Å². The van der Waals surface area contributed by atoms with E-state index in [0.717, 1.165) is 11.3 Å². The molecule has 25 heavy (non-hydrogen) atoms. The Morgan fingerprint density at radius 3 is 2.84 bits per heavy atom. The molecule has 1 fully saturated rings. The molecule has 132 valence electrons. The maximum atomic E-state index is 12.6. The van der Waals surface area contributed by atoms with Crippen LogP contribution in [0.3, 0.4) is 0 Å². The van der Waals surface area contributed by atoms with Crippen LogP contribution in [-0.4, -0.2) is 45.9 Å². The fourth-order valence-electron chi connectivity index (χ4n) is 2.68. The molecule has 1 aliphatic rings. The number of hydrogen-bond acceptors (Lipinski definition) is 5. The van der Waals surface area contributed by atoms with E-state index in [-0.39, 0.29) is 17.9 Å². The highest BCUT2D eigenvalue weighted by Crippen LogP contribution is 2.22. The Morgan fingerprint density at radius 2 is 2.12 bits per heavy atom. The molecular weight excluding hydrogens is 354 g/mol. The molecule has 2 amide bonds. The van der Waals surface area contributed by atoms with Crippen LogP contribution in [0.4, 0.5) is 0 Å². The normalized spacial score (nSPS) is 16.8.